The van der Waals surface area contributed by atoms with Crippen molar-refractivity contribution < 1.29 is 4.79 Å². The van der Waals surface area contributed by atoms with Crippen LogP contribution in [-0.4, -0.2) is 30.2 Å². The molecule has 0 fully saturated rings. The van der Waals surface area contributed by atoms with E-state index in [1.807, 2.05) is 57.7 Å². The normalized spacial score (nSPS) is 12.4. The third-order valence-corrected chi connectivity index (χ3v) is 3.29. The smallest absolute Gasteiger partial charge is 0.254 e. The minimum atomic E-state index is 0.000532. The molecule has 1 amide bonds. The molecule has 4 nitrogen and oxygen atoms in total. The van der Waals surface area contributed by atoms with Crippen LogP contribution in [0, 0.1) is 0 Å². The Kier molecular flexibility index (Phi) is 16.2. The quantitative estimate of drug-likeness (QED) is 0.494. The minimum Gasteiger partial charge on any atom is -0.384 e. The van der Waals surface area contributed by atoms with Crippen LogP contribution < -0.4 is 5.73 Å². The monoisotopic (exact) mass is 355 g/mol. The number of anilines is 1. The van der Waals surface area contributed by atoms with Crippen LogP contribution in [0.25, 0.3) is 0 Å². The van der Waals surface area contributed by atoms with Gasteiger partial charge in [0.15, 0.2) is 0 Å². The highest BCUT2D eigenvalue weighted by molar-refractivity contribution is 6.05. The van der Waals surface area contributed by atoms with Crippen LogP contribution in [0.1, 0.15) is 45.9 Å². The molecule has 0 bridgehead atoms. The molecule has 2 N–H and O–H groups in total. The topological polar surface area (TPSA) is 59.2 Å². The standard InChI is InChI=1S/C16H19N3O.2C2H6.CH3B/c1-3-5-6-12(4-2)16(20)19-10-9-14-13(11-19)7-8-15(17)18-14;3*1-2/h3-8H,2,9-11H2,1H3,(H2,17,18);2*1-2H3;1H3/b5-3+,12-6+;;;. The number of allylic oxidation sites excluding steroid dienone is 3. The third kappa shape index (κ3) is 8.19. The van der Waals surface area contributed by atoms with Gasteiger partial charge in [-0.1, -0.05) is 65.4 Å². The molecule has 1 aliphatic rings. The maximum absolute atomic E-state index is 12.4. The van der Waals surface area contributed by atoms with Gasteiger partial charge in [0.05, 0.1) is 7.85 Å². The summed E-state index contributed by atoms with van der Waals surface area (Å²) in [5.41, 5.74) is 8.34. The fraction of sp³-hybridized carbons (Fsp3) is 0.429. The zero-order valence-electron chi connectivity index (χ0n) is 17.2. The van der Waals surface area contributed by atoms with Crippen molar-refractivity contribution >= 4 is 19.6 Å². The number of fused-ring (bicyclic) bond motifs is 1. The summed E-state index contributed by atoms with van der Waals surface area (Å²) in [5, 5.41) is 0. The first kappa shape index (κ1) is 25.9. The van der Waals surface area contributed by atoms with Gasteiger partial charge in [-0.2, -0.15) is 0 Å². The second kappa shape index (κ2) is 16.2. The van der Waals surface area contributed by atoms with E-state index in [2.05, 4.69) is 19.4 Å². The van der Waals surface area contributed by atoms with Crippen LogP contribution in [-0.2, 0) is 17.8 Å². The molecule has 0 atom stereocenters. The summed E-state index contributed by atoms with van der Waals surface area (Å²) in [6.45, 7) is 16.3. The molecule has 0 aromatic carbocycles. The Morgan fingerprint density at radius 2 is 1.88 bits per heavy atom. The lowest BCUT2D eigenvalue weighted by Crippen LogP contribution is -2.37. The van der Waals surface area contributed by atoms with Gasteiger partial charge in [0, 0.05) is 30.8 Å². The zero-order valence-corrected chi connectivity index (χ0v) is 17.2. The summed E-state index contributed by atoms with van der Waals surface area (Å²) in [4.78, 5) is 18.6. The van der Waals surface area contributed by atoms with Crippen LogP contribution in [0.3, 0.4) is 0 Å². The third-order valence-electron chi connectivity index (χ3n) is 3.29. The van der Waals surface area contributed by atoms with Gasteiger partial charge in [-0.25, -0.2) is 4.98 Å². The Balaban J connectivity index is 0. The highest BCUT2D eigenvalue weighted by Crippen LogP contribution is 2.20. The average molecular weight is 355 g/mol. The van der Waals surface area contributed by atoms with Crippen LogP contribution in [0.2, 0.25) is 6.82 Å². The van der Waals surface area contributed by atoms with Gasteiger partial charge in [-0.05, 0) is 24.6 Å². The average Bonchev–Trinajstić information content (AvgIpc) is 2.72. The number of nitrogen functional groups attached to an aromatic ring is 1. The Morgan fingerprint density at radius 3 is 2.42 bits per heavy atom. The van der Waals surface area contributed by atoms with Gasteiger partial charge in [0.25, 0.3) is 5.91 Å². The number of nitrogens with zero attached hydrogens (tertiary/aromatic N) is 2. The molecule has 142 valence electrons. The SMILES string of the molecule is C=C/C(=C\C=C\C)C(=O)N1CCc2nc(N)ccc2C1.CC.CC.[B]C. The number of hydrogen-bond acceptors (Lipinski definition) is 3. The summed E-state index contributed by atoms with van der Waals surface area (Å²) in [6, 6.07) is 3.72. The molecule has 1 aromatic rings. The molecule has 1 aromatic heterocycles. The van der Waals surface area contributed by atoms with Crippen molar-refractivity contribution in [3.05, 3.63) is 59.8 Å². The molecule has 0 spiro atoms. The van der Waals surface area contributed by atoms with Gasteiger partial charge in [0.1, 0.15) is 5.82 Å². The Hall–Kier alpha value is -2.30. The van der Waals surface area contributed by atoms with Crippen LogP contribution >= 0.6 is 0 Å². The second-order valence-corrected chi connectivity index (χ2v) is 4.67. The van der Waals surface area contributed by atoms with E-state index in [1.54, 1.807) is 18.2 Å². The minimum absolute atomic E-state index is 0.000532. The fourth-order valence-corrected chi connectivity index (χ4v) is 2.22. The summed E-state index contributed by atoms with van der Waals surface area (Å²) < 4.78 is 0. The predicted molar refractivity (Wildman–Crippen MR) is 115 cm³/mol. The molecule has 2 heterocycles. The molecule has 0 saturated carbocycles. The van der Waals surface area contributed by atoms with E-state index in [-0.39, 0.29) is 5.91 Å². The van der Waals surface area contributed by atoms with Crippen molar-refractivity contribution in [3.8, 4) is 0 Å². The Labute approximate surface area is 161 Å². The van der Waals surface area contributed by atoms with E-state index in [0.29, 0.717) is 24.5 Å². The molecule has 2 radical (unpaired) electrons. The summed E-state index contributed by atoms with van der Waals surface area (Å²) >= 11 is 0. The number of rotatable bonds is 3. The van der Waals surface area contributed by atoms with E-state index >= 15 is 0 Å². The van der Waals surface area contributed by atoms with Gasteiger partial charge in [0.2, 0.25) is 0 Å². The molecule has 5 heteroatoms. The Morgan fingerprint density at radius 1 is 1.27 bits per heavy atom. The molecule has 0 unspecified atom stereocenters. The lowest BCUT2D eigenvalue weighted by molar-refractivity contribution is -0.127. The van der Waals surface area contributed by atoms with Gasteiger partial charge >= 0.3 is 0 Å². The van der Waals surface area contributed by atoms with E-state index < -0.39 is 0 Å². The number of carbonyl (C=O) groups is 1. The number of pyridine rings is 1. The number of carbonyl (C=O) groups excluding carboxylic acids is 1. The molecular formula is C21H34BN3O. The highest BCUT2D eigenvalue weighted by Gasteiger charge is 2.22. The van der Waals surface area contributed by atoms with Gasteiger partial charge in [-0.3, -0.25) is 4.79 Å². The fourth-order valence-electron chi connectivity index (χ4n) is 2.22. The second-order valence-electron chi connectivity index (χ2n) is 4.67. The van der Waals surface area contributed by atoms with Gasteiger partial charge in [-0.15, -0.1) is 0 Å². The van der Waals surface area contributed by atoms with Crippen molar-refractivity contribution in [2.75, 3.05) is 12.3 Å². The van der Waals surface area contributed by atoms with E-state index in [9.17, 15) is 4.79 Å². The van der Waals surface area contributed by atoms with Crippen LogP contribution in [0.4, 0.5) is 5.82 Å². The molecule has 26 heavy (non-hydrogen) atoms. The molecule has 2 rings (SSSR count). The largest absolute Gasteiger partial charge is 0.384 e. The lowest BCUT2D eigenvalue weighted by atomic mass is 10.0. The number of nitrogens with two attached hydrogens (primary N) is 1. The summed E-state index contributed by atoms with van der Waals surface area (Å²) in [6.07, 6.45) is 7.84. The molecule has 0 aliphatic carbocycles. The maximum atomic E-state index is 12.4. The number of amides is 1. The van der Waals surface area contributed by atoms with Crippen LogP contribution in [0.15, 0.2) is 48.6 Å². The van der Waals surface area contributed by atoms with Crippen LogP contribution in [0.5, 0.6) is 0 Å². The molecule has 0 saturated heterocycles. The lowest BCUT2D eigenvalue weighted by Gasteiger charge is -2.28. The van der Waals surface area contributed by atoms with Crippen molar-refractivity contribution in [1.82, 2.24) is 9.88 Å². The molecular weight excluding hydrogens is 321 g/mol. The summed E-state index contributed by atoms with van der Waals surface area (Å²) in [7, 11) is 4.50. The summed E-state index contributed by atoms with van der Waals surface area (Å²) in [5.74, 6) is 0.531. The van der Waals surface area contributed by atoms with Crippen molar-refractivity contribution in [3.63, 3.8) is 0 Å². The van der Waals surface area contributed by atoms with Crippen molar-refractivity contribution in [1.29, 1.82) is 0 Å². The van der Waals surface area contributed by atoms with E-state index in [1.165, 1.54) is 6.82 Å². The first-order chi connectivity index (χ1) is 12.7. The van der Waals surface area contributed by atoms with Gasteiger partial charge < -0.3 is 10.6 Å². The van der Waals surface area contributed by atoms with Crippen molar-refractivity contribution in [2.24, 2.45) is 0 Å². The Bertz CT molecular complexity index is 595. The zero-order chi connectivity index (χ0) is 20.5. The van der Waals surface area contributed by atoms with Crippen molar-refractivity contribution in [2.45, 2.75) is 54.4 Å². The van der Waals surface area contributed by atoms with E-state index in [4.69, 9.17) is 5.73 Å². The number of hydrogen-bond donors (Lipinski definition) is 1. The maximum Gasteiger partial charge on any atom is 0.254 e. The highest BCUT2D eigenvalue weighted by atomic mass is 16.2. The first-order valence-electron chi connectivity index (χ1n) is 9.22. The molecule has 1 aliphatic heterocycles. The van der Waals surface area contributed by atoms with E-state index in [0.717, 1.165) is 17.7 Å². The first-order valence-corrected chi connectivity index (χ1v) is 9.22. The predicted octanol–water partition coefficient (Wildman–Crippen LogP) is 4.49. The number of aromatic nitrogens is 1.